The van der Waals surface area contributed by atoms with E-state index in [1.54, 1.807) is 0 Å². The van der Waals surface area contributed by atoms with Crippen LogP contribution in [0.1, 0.15) is 40.0 Å². The van der Waals surface area contributed by atoms with E-state index >= 15 is 0 Å². The Bertz CT molecular complexity index is 656. The van der Waals surface area contributed by atoms with Crippen LogP contribution >= 0.6 is 0 Å². The normalized spacial score (nSPS) is 22.4. The summed E-state index contributed by atoms with van der Waals surface area (Å²) < 4.78 is 0. The van der Waals surface area contributed by atoms with Crippen LogP contribution in [0.15, 0.2) is 75.5 Å². The van der Waals surface area contributed by atoms with Crippen molar-refractivity contribution in [2.24, 2.45) is 10.9 Å². The van der Waals surface area contributed by atoms with E-state index in [9.17, 15) is 0 Å². The molecule has 0 aromatic carbocycles. The molecule has 1 heteroatoms. The van der Waals surface area contributed by atoms with Crippen molar-refractivity contribution in [3.63, 3.8) is 0 Å². The molecule has 1 atom stereocenters. The molecule has 0 fully saturated rings. The zero-order chi connectivity index (χ0) is 14.8. The number of hydrogen-bond acceptors (Lipinski definition) is 1. The van der Waals surface area contributed by atoms with Crippen LogP contribution in [0.25, 0.3) is 0 Å². The predicted molar refractivity (Wildman–Crippen MR) is 91.4 cm³/mol. The number of rotatable bonds is 5. The van der Waals surface area contributed by atoms with Gasteiger partial charge in [-0.3, -0.25) is 0 Å². The van der Waals surface area contributed by atoms with E-state index in [0.29, 0.717) is 5.92 Å². The Balaban J connectivity index is 1.92. The van der Waals surface area contributed by atoms with Crippen LogP contribution in [-0.2, 0) is 0 Å². The third-order valence-electron chi connectivity index (χ3n) is 4.09. The van der Waals surface area contributed by atoms with Crippen LogP contribution < -0.4 is 0 Å². The van der Waals surface area contributed by atoms with E-state index in [-0.39, 0.29) is 0 Å². The van der Waals surface area contributed by atoms with Crippen molar-refractivity contribution >= 4 is 5.71 Å². The molecule has 0 aromatic rings. The molecule has 1 unspecified atom stereocenters. The van der Waals surface area contributed by atoms with Gasteiger partial charge in [0.1, 0.15) is 0 Å². The fourth-order valence-electron chi connectivity index (χ4n) is 3.09. The second-order valence-electron chi connectivity index (χ2n) is 6.19. The van der Waals surface area contributed by atoms with Gasteiger partial charge in [0.2, 0.25) is 0 Å². The maximum Gasteiger partial charge on any atom is 0.0713 e. The first kappa shape index (κ1) is 14.1. The van der Waals surface area contributed by atoms with Crippen LogP contribution in [0.3, 0.4) is 0 Å². The van der Waals surface area contributed by atoms with Crippen molar-refractivity contribution in [3.8, 4) is 0 Å². The molecule has 0 amide bonds. The monoisotopic (exact) mass is 277 g/mol. The van der Waals surface area contributed by atoms with E-state index in [0.717, 1.165) is 11.4 Å². The molecule has 3 aliphatic rings. The van der Waals surface area contributed by atoms with Gasteiger partial charge in [0.25, 0.3) is 0 Å². The summed E-state index contributed by atoms with van der Waals surface area (Å²) in [5.74, 6) is 0.384. The Kier molecular flexibility index (Phi) is 3.92. The van der Waals surface area contributed by atoms with Crippen molar-refractivity contribution in [2.75, 3.05) is 0 Å². The Morgan fingerprint density at radius 2 is 2.14 bits per heavy atom. The Morgan fingerprint density at radius 3 is 2.90 bits per heavy atom. The lowest BCUT2D eigenvalue weighted by atomic mass is 9.91. The van der Waals surface area contributed by atoms with Gasteiger partial charge in [0.05, 0.1) is 11.4 Å². The topological polar surface area (TPSA) is 12.4 Å². The van der Waals surface area contributed by atoms with Gasteiger partial charge in [-0.1, -0.05) is 54.9 Å². The Hall–Kier alpha value is -1.89. The molecule has 1 aliphatic heterocycles. The molecule has 0 N–H and O–H groups in total. The number of unbranched alkanes of at least 4 members (excludes halogenated alkanes) is 1. The number of fused-ring (bicyclic) bond motifs is 1. The quantitative estimate of drug-likeness (QED) is 0.632. The second-order valence-corrected chi connectivity index (χ2v) is 6.19. The third kappa shape index (κ3) is 2.78. The van der Waals surface area contributed by atoms with Crippen molar-refractivity contribution < 1.29 is 0 Å². The molecule has 0 radical (unpaired) electrons. The fourth-order valence-corrected chi connectivity index (χ4v) is 3.09. The second kappa shape index (κ2) is 5.85. The first-order chi connectivity index (χ1) is 10.2. The molecule has 0 bridgehead atoms. The molecule has 0 saturated heterocycles. The summed E-state index contributed by atoms with van der Waals surface area (Å²) in [6, 6.07) is 0. The van der Waals surface area contributed by atoms with Crippen LogP contribution in [0, 0.1) is 5.92 Å². The van der Waals surface area contributed by atoms with E-state index < -0.39 is 0 Å². The van der Waals surface area contributed by atoms with Gasteiger partial charge in [-0.15, -0.1) is 0 Å². The molecule has 21 heavy (non-hydrogen) atoms. The lowest BCUT2D eigenvalue weighted by Crippen LogP contribution is -2.06. The molecule has 0 aromatic heterocycles. The SMILES string of the molecule is CCCCC1=CC(C2=C3C=CC=C3N=C2C=C(C)C)C=C1. The van der Waals surface area contributed by atoms with Crippen molar-refractivity contribution in [1.82, 2.24) is 0 Å². The highest BCUT2D eigenvalue weighted by Gasteiger charge is 2.28. The third-order valence-corrected chi connectivity index (χ3v) is 4.09. The zero-order valence-electron chi connectivity index (χ0n) is 13.2. The minimum atomic E-state index is 0.384. The van der Waals surface area contributed by atoms with E-state index in [1.807, 2.05) is 0 Å². The van der Waals surface area contributed by atoms with Crippen LogP contribution in [0.5, 0.6) is 0 Å². The van der Waals surface area contributed by atoms with Gasteiger partial charge in [-0.05, 0) is 44.4 Å². The van der Waals surface area contributed by atoms with Gasteiger partial charge in [-0.25, -0.2) is 4.99 Å². The number of allylic oxidation sites excluding steroid dienone is 10. The van der Waals surface area contributed by atoms with Gasteiger partial charge in [-0.2, -0.15) is 0 Å². The van der Waals surface area contributed by atoms with Crippen LogP contribution in [0.4, 0.5) is 0 Å². The smallest absolute Gasteiger partial charge is 0.0713 e. The fraction of sp³-hybridized carbons (Fsp3) is 0.350. The lowest BCUT2D eigenvalue weighted by Gasteiger charge is -2.10. The van der Waals surface area contributed by atoms with Crippen molar-refractivity contribution in [1.29, 1.82) is 0 Å². The maximum atomic E-state index is 4.81. The number of hydrogen-bond donors (Lipinski definition) is 0. The molecule has 1 heterocycles. The molecular weight excluding hydrogens is 254 g/mol. The lowest BCUT2D eigenvalue weighted by molar-refractivity contribution is 0.797. The molecule has 108 valence electrons. The van der Waals surface area contributed by atoms with E-state index in [1.165, 1.54) is 41.6 Å². The van der Waals surface area contributed by atoms with Crippen LogP contribution in [-0.4, -0.2) is 5.71 Å². The van der Waals surface area contributed by atoms with E-state index in [4.69, 9.17) is 4.99 Å². The average Bonchev–Trinajstić information content (AvgIpc) is 3.11. The van der Waals surface area contributed by atoms with E-state index in [2.05, 4.69) is 63.3 Å². The minimum Gasteiger partial charge on any atom is -0.248 e. The number of nitrogens with zero attached hydrogens (tertiary/aromatic N) is 1. The molecule has 2 aliphatic carbocycles. The Labute approximate surface area is 127 Å². The zero-order valence-corrected chi connectivity index (χ0v) is 13.2. The molecule has 0 spiro atoms. The summed E-state index contributed by atoms with van der Waals surface area (Å²) >= 11 is 0. The minimum absolute atomic E-state index is 0.384. The summed E-state index contributed by atoms with van der Waals surface area (Å²) in [6.45, 7) is 6.52. The summed E-state index contributed by atoms with van der Waals surface area (Å²) in [7, 11) is 0. The molecule has 1 nitrogen and oxygen atoms in total. The van der Waals surface area contributed by atoms with Gasteiger partial charge in [0.15, 0.2) is 0 Å². The standard InChI is InChI=1S/C20H23N/c1-4-5-7-15-10-11-16(13-15)20-17-8-6-9-18(17)21-19(20)12-14(2)3/h6,8-13,16H,4-5,7H2,1-3H3. The summed E-state index contributed by atoms with van der Waals surface area (Å²) in [5, 5.41) is 0. The maximum absolute atomic E-state index is 4.81. The average molecular weight is 277 g/mol. The van der Waals surface area contributed by atoms with Gasteiger partial charge >= 0.3 is 0 Å². The van der Waals surface area contributed by atoms with Crippen molar-refractivity contribution in [2.45, 2.75) is 40.0 Å². The molecule has 3 rings (SSSR count). The largest absolute Gasteiger partial charge is 0.248 e. The summed E-state index contributed by atoms with van der Waals surface area (Å²) in [6.07, 6.45) is 19.4. The summed E-state index contributed by atoms with van der Waals surface area (Å²) in [5.41, 5.74) is 7.73. The highest BCUT2D eigenvalue weighted by molar-refractivity contribution is 6.14. The highest BCUT2D eigenvalue weighted by atomic mass is 14.8. The van der Waals surface area contributed by atoms with Crippen LogP contribution in [0.2, 0.25) is 0 Å². The first-order valence-corrected chi connectivity index (χ1v) is 7.95. The van der Waals surface area contributed by atoms with Gasteiger partial charge in [0, 0.05) is 11.5 Å². The highest BCUT2D eigenvalue weighted by Crippen LogP contribution is 2.38. The number of aliphatic imine (C=N–C) groups is 1. The van der Waals surface area contributed by atoms with Gasteiger partial charge < -0.3 is 0 Å². The van der Waals surface area contributed by atoms with Crippen molar-refractivity contribution in [3.05, 3.63) is 70.5 Å². The Morgan fingerprint density at radius 1 is 1.29 bits per heavy atom. The predicted octanol–water partition coefficient (Wildman–Crippen LogP) is 5.46. The first-order valence-electron chi connectivity index (χ1n) is 7.95. The molecule has 0 saturated carbocycles. The summed E-state index contributed by atoms with van der Waals surface area (Å²) in [4.78, 5) is 4.81. The molecular formula is C20H23N.